The maximum absolute atomic E-state index is 6.37. The number of hydrogen-bond acceptors (Lipinski definition) is 2. The Kier molecular flexibility index (Phi) is 2.83. The van der Waals surface area contributed by atoms with Gasteiger partial charge >= 0.3 is 0 Å². The summed E-state index contributed by atoms with van der Waals surface area (Å²) in [7, 11) is 0. The standard InChI is InChI=1S/C15H24O2/c1-10(2)12-8-7-11(3)9-15(12)16-13-5-4-6-14(13)17-15/h4-5,10-14H,6-9H2,1-3H3/t11-,12+,13-,14+,15-/m1/s1. The number of ether oxygens (including phenoxy) is 2. The first-order valence-electron chi connectivity index (χ1n) is 7.13. The lowest BCUT2D eigenvalue weighted by Crippen LogP contribution is -2.47. The van der Waals surface area contributed by atoms with Crippen LogP contribution in [0.5, 0.6) is 0 Å². The fourth-order valence-electron chi connectivity index (χ4n) is 3.88. The predicted octanol–water partition coefficient (Wildman–Crippen LogP) is 3.52. The fourth-order valence-corrected chi connectivity index (χ4v) is 3.88. The molecule has 2 fully saturated rings. The Morgan fingerprint density at radius 1 is 1.24 bits per heavy atom. The van der Waals surface area contributed by atoms with E-state index in [1.165, 1.54) is 12.8 Å². The molecule has 3 aliphatic rings. The topological polar surface area (TPSA) is 18.5 Å². The van der Waals surface area contributed by atoms with Gasteiger partial charge in [-0.2, -0.15) is 0 Å². The second-order valence-electron chi connectivity index (χ2n) is 6.45. The molecule has 1 saturated carbocycles. The molecule has 5 atom stereocenters. The highest BCUT2D eigenvalue weighted by Crippen LogP contribution is 2.50. The molecule has 2 nitrogen and oxygen atoms in total. The smallest absolute Gasteiger partial charge is 0.173 e. The second-order valence-corrected chi connectivity index (χ2v) is 6.45. The minimum atomic E-state index is -0.272. The van der Waals surface area contributed by atoms with Crippen molar-refractivity contribution >= 4 is 0 Å². The van der Waals surface area contributed by atoms with Crippen LogP contribution in [0.3, 0.4) is 0 Å². The molecule has 96 valence electrons. The molecule has 0 bridgehead atoms. The molecule has 1 saturated heterocycles. The highest BCUT2D eigenvalue weighted by atomic mass is 16.8. The van der Waals surface area contributed by atoms with Crippen LogP contribution in [0.4, 0.5) is 0 Å². The SMILES string of the molecule is CC(C)[C@@H]1CC[C@@H](C)C[C@@]12O[C@H]1CC=C[C@H]1O2. The summed E-state index contributed by atoms with van der Waals surface area (Å²) in [6, 6.07) is 0. The van der Waals surface area contributed by atoms with E-state index in [4.69, 9.17) is 9.47 Å². The Labute approximate surface area is 104 Å². The lowest BCUT2D eigenvalue weighted by atomic mass is 9.73. The van der Waals surface area contributed by atoms with Gasteiger partial charge < -0.3 is 9.47 Å². The van der Waals surface area contributed by atoms with Crippen molar-refractivity contribution in [3.63, 3.8) is 0 Å². The molecular formula is C15H24O2. The molecule has 0 amide bonds. The monoisotopic (exact) mass is 236 g/mol. The van der Waals surface area contributed by atoms with Crippen molar-refractivity contribution in [2.45, 2.75) is 64.4 Å². The molecule has 1 aliphatic heterocycles. The van der Waals surface area contributed by atoms with E-state index in [-0.39, 0.29) is 11.9 Å². The van der Waals surface area contributed by atoms with Gasteiger partial charge in [0.1, 0.15) is 6.10 Å². The predicted molar refractivity (Wildman–Crippen MR) is 67.6 cm³/mol. The Morgan fingerprint density at radius 2 is 2.06 bits per heavy atom. The van der Waals surface area contributed by atoms with Crippen molar-refractivity contribution in [3.05, 3.63) is 12.2 Å². The zero-order valence-corrected chi connectivity index (χ0v) is 11.2. The van der Waals surface area contributed by atoms with Crippen LogP contribution in [0.2, 0.25) is 0 Å². The largest absolute Gasteiger partial charge is 0.343 e. The van der Waals surface area contributed by atoms with E-state index >= 15 is 0 Å². The van der Waals surface area contributed by atoms with Crippen molar-refractivity contribution in [1.82, 2.24) is 0 Å². The van der Waals surface area contributed by atoms with Crippen LogP contribution >= 0.6 is 0 Å². The van der Waals surface area contributed by atoms with Crippen LogP contribution in [0.15, 0.2) is 12.2 Å². The van der Waals surface area contributed by atoms with Gasteiger partial charge in [0, 0.05) is 12.3 Å². The minimum absolute atomic E-state index is 0.224. The minimum Gasteiger partial charge on any atom is -0.343 e. The Morgan fingerprint density at radius 3 is 2.76 bits per heavy atom. The summed E-state index contributed by atoms with van der Waals surface area (Å²) in [6.45, 7) is 6.94. The maximum atomic E-state index is 6.37. The fraction of sp³-hybridized carbons (Fsp3) is 0.867. The average molecular weight is 236 g/mol. The Hall–Kier alpha value is -0.340. The van der Waals surface area contributed by atoms with Crippen molar-refractivity contribution in [1.29, 1.82) is 0 Å². The third-order valence-electron chi connectivity index (χ3n) is 4.72. The van der Waals surface area contributed by atoms with E-state index in [1.807, 2.05) is 0 Å². The number of hydrogen-bond donors (Lipinski definition) is 0. The first-order valence-corrected chi connectivity index (χ1v) is 7.13. The Bertz CT molecular complexity index is 323. The molecule has 1 spiro atoms. The molecule has 17 heavy (non-hydrogen) atoms. The van der Waals surface area contributed by atoms with Crippen LogP contribution in [-0.2, 0) is 9.47 Å². The molecule has 0 unspecified atom stereocenters. The third-order valence-corrected chi connectivity index (χ3v) is 4.72. The van der Waals surface area contributed by atoms with E-state index in [2.05, 4.69) is 32.9 Å². The summed E-state index contributed by atoms with van der Waals surface area (Å²) in [5.74, 6) is 1.67. The molecule has 0 aromatic rings. The van der Waals surface area contributed by atoms with E-state index in [1.54, 1.807) is 0 Å². The lowest BCUT2D eigenvalue weighted by Gasteiger charge is -2.44. The van der Waals surface area contributed by atoms with E-state index in [0.29, 0.717) is 17.9 Å². The van der Waals surface area contributed by atoms with Crippen molar-refractivity contribution in [2.75, 3.05) is 0 Å². The average Bonchev–Trinajstić information content (AvgIpc) is 2.75. The van der Waals surface area contributed by atoms with Gasteiger partial charge in [-0.1, -0.05) is 39.3 Å². The highest BCUT2D eigenvalue weighted by molar-refractivity contribution is 5.09. The third kappa shape index (κ3) is 1.86. The maximum Gasteiger partial charge on any atom is 0.173 e. The van der Waals surface area contributed by atoms with Crippen LogP contribution in [-0.4, -0.2) is 18.0 Å². The lowest BCUT2D eigenvalue weighted by molar-refractivity contribution is -0.242. The van der Waals surface area contributed by atoms with Gasteiger partial charge in [0.2, 0.25) is 0 Å². The van der Waals surface area contributed by atoms with Crippen LogP contribution in [0.1, 0.15) is 46.5 Å². The van der Waals surface area contributed by atoms with Gasteiger partial charge in [0.05, 0.1) is 6.10 Å². The van der Waals surface area contributed by atoms with Gasteiger partial charge in [0.25, 0.3) is 0 Å². The first kappa shape index (κ1) is 11.7. The molecular weight excluding hydrogens is 212 g/mol. The summed E-state index contributed by atoms with van der Waals surface area (Å²) in [6.07, 6.45) is 9.59. The van der Waals surface area contributed by atoms with Gasteiger partial charge in [-0.3, -0.25) is 0 Å². The van der Waals surface area contributed by atoms with Crippen molar-refractivity contribution < 1.29 is 9.47 Å². The molecule has 2 heteroatoms. The molecule has 0 radical (unpaired) electrons. The second kappa shape index (κ2) is 4.10. The zero-order chi connectivity index (χ0) is 12.0. The molecule has 0 N–H and O–H groups in total. The Balaban J connectivity index is 1.84. The molecule has 0 aromatic carbocycles. The van der Waals surface area contributed by atoms with Crippen LogP contribution in [0, 0.1) is 17.8 Å². The van der Waals surface area contributed by atoms with Gasteiger partial charge in [0.15, 0.2) is 5.79 Å². The van der Waals surface area contributed by atoms with Crippen LogP contribution in [0.25, 0.3) is 0 Å². The summed E-state index contributed by atoms with van der Waals surface area (Å²) in [4.78, 5) is 0. The molecule has 3 rings (SSSR count). The highest BCUT2D eigenvalue weighted by Gasteiger charge is 2.54. The quantitative estimate of drug-likeness (QED) is 0.649. The van der Waals surface area contributed by atoms with E-state index < -0.39 is 0 Å². The van der Waals surface area contributed by atoms with Crippen molar-refractivity contribution in [3.8, 4) is 0 Å². The molecule has 1 heterocycles. The number of rotatable bonds is 1. The summed E-state index contributed by atoms with van der Waals surface area (Å²) in [5, 5.41) is 0. The molecule has 2 aliphatic carbocycles. The van der Waals surface area contributed by atoms with E-state index in [0.717, 1.165) is 18.8 Å². The van der Waals surface area contributed by atoms with Crippen LogP contribution < -0.4 is 0 Å². The number of fused-ring (bicyclic) bond motifs is 1. The normalized spacial score (nSPS) is 49.2. The zero-order valence-electron chi connectivity index (χ0n) is 11.2. The van der Waals surface area contributed by atoms with E-state index in [9.17, 15) is 0 Å². The first-order chi connectivity index (χ1) is 8.11. The summed E-state index contributed by atoms with van der Waals surface area (Å²) in [5.41, 5.74) is 0. The summed E-state index contributed by atoms with van der Waals surface area (Å²) >= 11 is 0. The van der Waals surface area contributed by atoms with Gasteiger partial charge in [-0.25, -0.2) is 0 Å². The van der Waals surface area contributed by atoms with Gasteiger partial charge in [-0.15, -0.1) is 0 Å². The van der Waals surface area contributed by atoms with Gasteiger partial charge in [-0.05, 0) is 24.7 Å². The molecule has 0 aromatic heterocycles. The summed E-state index contributed by atoms with van der Waals surface area (Å²) < 4.78 is 12.7. The van der Waals surface area contributed by atoms with Crippen molar-refractivity contribution in [2.24, 2.45) is 17.8 Å².